The predicted molar refractivity (Wildman–Crippen MR) is 79.5 cm³/mol. The van der Waals surface area contributed by atoms with Crippen LogP contribution in [-0.2, 0) is 9.53 Å². The van der Waals surface area contributed by atoms with Crippen LogP contribution in [0.15, 0.2) is 35.6 Å². The van der Waals surface area contributed by atoms with Gasteiger partial charge in [0, 0.05) is 24.3 Å². The number of methoxy groups -OCH3 is 1. The molecule has 0 spiro atoms. The number of nitrogens with zero attached hydrogens (tertiary/aromatic N) is 1. The van der Waals surface area contributed by atoms with Crippen molar-refractivity contribution in [1.29, 1.82) is 10.7 Å². The Bertz CT molecular complexity index is 715. The second-order valence-corrected chi connectivity index (χ2v) is 5.44. The lowest BCUT2D eigenvalue weighted by molar-refractivity contribution is -0.116. The van der Waals surface area contributed by atoms with E-state index in [-0.39, 0.29) is 11.7 Å². The molecule has 0 aromatic heterocycles. The molecule has 112 valence electrons. The maximum Gasteiger partial charge on any atom is 0.205 e. The Balaban J connectivity index is 2.16. The molecule has 0 saturated carbocycles. The minimum absolute atomic E-state index is 0.0156. The van der Waals surface area contributed by atoms with E-state index in [1.807, 2.05) is 24.3 Å². The van der Waals surface area contributed by atoms with Gasteiger partial charge in [-0.1, -0.05) is 12.1 Å². The fourth-order valence-electron chi connectivity index (χ4n) is 3.13. The molecule has 0 bridgehead atoms. The molecule has 1 heterocycles. The molecule has 2 atom stereocenters. The number of allylic oxidation sites excluding steroid dienone is 2. The number of nitriles is 1. The van der Waals surface area contributed by atoms with Gasteiger partial charge < -0.3 is 9.47 Å². The predicted octanol–water partition coefficient (Wildman–Crippen LogP) is 2.93. The van der Waals surface area contributed by atoms with Gasteiger partial charge in [0.1, 0.15) is 17.4 Å². The third-order valence-electron chi connectivity index (χ3n) is 4.16. The van der Waals surface area contributed by atoms with Crippen LogP contribution >= 0.6 is 0 Å². The molecular weight excluding hydrogens is 280 g/mol. The second-order valence-electron chi connectivity index (χ2n) is 5.44. The first kappa shape index (κ1) is 14.3. The average molecular weight is 296 g/mol. The van der Waals surface area contributed by atoms with Crippen molar-refractivity contribution in [2.45, 2.75) is 25.2 Å². The maximum absolute atomic E-state index is 12.4. The molecule has 22 heavy (non-hydrogen) atoms. The highest BCUT2D eigenvalue weighted by atomic mass is 16.5. The van der Waals surface area contributed by atoms with Gasteiger partial charge in [0.2, 0.25) is 5.90 Å². The Morgan fingerprint density at radius 1 is 1.41 bits per heavy atom. The molecule has 0 fully saturated rings. The molecule has 1 aliphatic carbocycles. The third kappa shape index (κ3) is 2.27. The van der Waals surface area contributed by atoms with E-state index in [9.17, 15) is 10.1 Å². The van der Waals surface area contributed by atoms with Crippen LogP contribution in [0.25, 0.3) is 0 Å². The van der Waals surface area contributed by atoms with Gasteiger partial charge in [0.05, 0.1) is 13.2 Å². The molecule has 5 nitrogen and oxygen atoms in total. The van der Waals surface area contributed by atoms with Gasteiger partial charge in [0.15, 0.2) is 5.78 Å². The SMILES string of the molecule is COc1cccc(C2C3=C(CCCC3=O)OC(=N)C2C#N)c1. The lowest BCUT2D eigenvalue weighted by Gasteiger charge is -2.34. The minimum Gasteiger partial charge on any atom is -0.497 e. The van der Waals surface area contributed by atoms with Crippen LogP contribution in [-0.4, -0.2) is 18.8 Å². The molecule has 0 amide bonds. The van der Waals surface area contributed by atoms with Crippen molar-refractivity contribution >= 4 is 11.7 Å². The number of carbonyl (C=O) groups is 1. The Kier molecular flexibility index (Phi) is 3.68. The number of ether oxygens (including phenoxy) is 2. The molecule has 2 unspecified atom stereocenters. The summed E-state index contributed by atoms with van der Waals surface area (Å²) in [6, 6.07) is 9.44. The molecule has 0 radical (unpaired) electrons. The normalized spacial score (nSPS) is 24.4. The van der Waals surface area contributed by atoms with Crippen LogP contribution in [0.3, 0.4) is 0 Å². The van der Waals surface area contributed by atoms with Gasteiger partial charge in [-0.15, -0.1) is 0 Å². The topological polar surface area (TPSA) is 83.2 Å². The zero-order valence-corrected chi connectivity index (χ0v) is 12.3. The highest BCUT2D eigenvalue weighted by Crippen LogP contribution is 2.43. The van der Waals surface area contributed by atoms with Gasteiger partial charge in [-0.05, 0) is 24.1 Å². The van der Waals surface area contributed by atoms with Gasteiger partial charge in [-0.25, -0.2) is 0 Å². The van der Waals surface area contributed by atoms with E-state index in [0.29, 0.717) is 29.9 Å². The number of ketones is 1. The summed E-state index contributed by atoms with van der Waals surface area (Å²) in [4.78, 5) is 12.4. The Morgan fingerprint density at radius 2 is 2.23 bits per heavy atom. The number of hydrogen-bond acceptors (Lipinski definition) is 5. The zero-order valence-electron chi connectivity index (χ0n) is 12.3. The van der Waals surface area contributed by atoms with Crippen molar-refractivity contribution in [3.8, 4) is 11.8 Å². The number of hydrogen-bond donors (Lipinski definition) is 1. The van der Waals surface area contributed by atoms with Crippen LogP contribution in [0.5, 0.6) is 5.75 Å². The number of rotatable bonds is 2. The number of Topliss-reactive ketones (excluding diaryl/α,β-unsaturated/α-hetero) is 1. The highest BCUT2D eigenvalue weighted by Gasteiger charge is 2.42. The first-order chi connectivity index (χ1) is 10.7. The van der Waals surface area contributed by atoms with Crippen molar-refractivity contribution in [2.24, 2.45) is 5.92 Å². The smallest absolute Gasteiger partial charge is 0.205 e. The summed E-state index contributed by atoms with van der Waals surface area (Å²) in [6.45, 7) is 0. The molecule has 1 aromatic carbocycles. The van der Waals surface area contributed by atoms with Crippen LogP contribution in [0, 0.1) is 22.7 Å². The second kappa shape index (κ2) is 5.64. The molecule has 5 heteroatoms. The molecule has 3 rings (SSSR count). The fraction of sp³-hybridized carbons (Fsp3) is 0.353. The Labute approximate surface area is 128 Å². The van der Waals surface area contributed by atoms with Crippen molar-refractivity contribution in [3.05, 3.63) is 41.2 Å². The fourth-order valence-corrected chi connectivity index (χ4v) is 3.13. The Hall–Kier alpha value is -2.61. The van der Waals surface area contributed by atoms with E-state index in [1.165, 1.54) is 0 Å². The number of carbonyl (C=O) groups excluding carboxylic acids is 1. The van der Waals surface area contributed by atoms with E-state index < -0.39 is 11.8 Å². The lowest BCUT2D eigenvalue weighted by atomic mass is 9.74. The van der Waals surface area contributed by atoms with E-state index >= 15 is 0 Å². The summed E-state index contributed by atoms with van der Waals surface area (Å²) in [6.07, 6.45) is 1.84. The molecule has 1 N–H and O–H groups in total. The van der Waals surface area contributed by atoms with E-state index in [2.05, 4.69) is 6.07 Å². The quantitative estimate of drug-likeness (QED) is 0.909. The maximum atomic E-state index is 12.4. The van der Waals surface area contributed by atoms with E-state index in [0.717, 1.165) is 12.0 Å². The monoisotopic (exact) mass is 296 g/mol. The van der Waals surface area contributed by atoms with Crippen LogP contribution in [0.2, 0.25) is 0 Å². The van der Waals surface area contributed by atoms with Crippen molar-refractivity contribution < 1.29 is 14.3 Å². The summed E-state index contributed by atoms with van der Waals surface area (Å²) in [7, 11) is 1.57. The third-order valence-corrected chi connectivity index (χ3v) is 4.16. The summed E-state index contributed by atoms with van der Waals surface area (Å²) in [5.41, 5.74) is 1.36. The van der Waals surface area contributed by atoms with E-state index in [1.54, 1.807) is 7.11 Å². The van der Waals surface area contributed by atoms with Crippen LogP contribution in [0.1, 0.15) is 30.7 Å². The minimum atomic E-state index is -0.784. The standard InChI is InChI=1S/C17H16N2O3/c1-21-11-5-2-4-10(8-11)15-12(9-18)17(19)22-14-7-3-6-13(20)16(14)15/h2,4-5,8,12,15,19H,3,6-7H2,1H3. The molecule has 2 aliphatic rings. The van der Waals surface area contributed by atoms with Crippen molar-refractivity contribution in [3.63, 3.8) is 0 Å². The largest absolute Gasteiger partial charge is 0.497 e. The summed E-state index contributed by atoms with van der Waals surface area (Å²) in [5.74, 6) is -0.0826. The summed E-state index contributed by atoms with van der Waals surface area (Å²) >= 11 is 0. The van der Waals surface area contributed by atoms with Crippen LogP contribution in [0.4, 0.5) is 0 Å². The van der Waals surface area contributed by atoms with Crippen LogP contribution < -0.4 is 4.74 Å². The molecular formula is C17H16N2O3. The first-order valence-electron chi connectivity index (χ1n) is 7.21. The number of nitrogens with one attached hydrogen (secondary N) is 1. The summed E-state index contributed by atoms with van der Waals surface area (Å²) in [5, 5.41) is 17.5. The van der Waals surface area contributed by atoms with Gasteiger partial charge in [-0.2, -0.15) is 5.26 Å². The van der Waals surface area contributed by atoms with Gasteiger partial charge in [-0.3, -0.25) is 10.2 Å². The van der Waals surface area contributed by atoms with Gasteiger partial charge in [0.25, 0.3) is 0 Å². The first-order valence-corrected chi connectivity index (χ1v) is 7.21. The van der Waals surface area contributed by atoms with E-state index in [4.69, 9.17) is 14.9 Å². The highest BCUT2D eigenvalue weighted by molar-refractivity contribution is 6.01. The Morgan fingerprint density at radius 3 is 2.95 bits per heavy atom. The summed E-state index contributed by atoms with van der Waals surface area (Å²) < 4.78 is 10.7. The zero-order chi connectivity index (χ0) is 15.7. The van der Waals surface area contributed by atoms with Gasteiger partial charge >= 0.3 is 0 Å². The molecule has 1 aliphatic heterocycles. The van der Waals surface area contributed by atoms with Crippen molar-refractivity contribution in [1.82, 2.24) is 0 Å². The lowest BCUT2D eigenvalue weighted by Crippen LogP contribution is -2.34. The molecule has 0 saturated heterocycles. The average Bonchev–Trinajstić information content (AvgIpc) is 2.54. The molecule has 1 aromatic rings. The number of benzene rings is 1. The van der Waals surface area contributed by atoms with Crippen molar-refractivity contribution in [2.75, 3.05) is 7.11 Å².